The second-order valence-electron chi connectivity index (χ2n) is 5.19. The Morgan fingerprint density at radius 3 is 3.10 bits per heavy atom. The van der Waals surface area contributed by atoms with E-state index in [-0.39, 0.29) is 6.04 Å². The molecule has 3 rings (SSSR count). The monoisotopic (exact) mass is 291 g/mol. The zero-order chi connectivity index (χ0) is 14.2. The van der Waals surface area contributed by atoms with Gasteiger partial charge in [0.15, 0.2) is 0 Å². The van der Waals surface area contributed by atoms with Gasteiger partial charge < -0.3 is 10.2 Å². The molecule has 2 atom stereocenters. The van der Waals surface area contributed by atoms with Gasteiger partial charge in [-0.1, -0.05) is 12.1 Å². The van der Waals surface area contributed by atoms with Gasteiger partial charge in [-0.05, 0) is 24.4 Å². The van der Waals surface area contributed by atoms with E-state index in [0.29, 0.717) is 18.4 Å². The van der Waals surface area contributed by atoms with E-state index in [2.05, 4.69) is 10.3 Å². The van der Waals surface area contributed by atoms with Gasteiger partial charge in [-0.3, -0.25) is 9.55 Å². The van der Waals surface area contributed by atoms with Crippen LogP contribution in [0.4, 0.5) is 0 Å². The lowest BCUT2D eigenvalue weighted by atomic mass is 10.2. The van der Waals surface area contributed by atoms with Crippen molar-refractivity contribution < 1.29 is 9.46 Å². The highest BCUT2D eigenvalue weighted by atomic mass is 31.2. The number of rotatable bonds is 2. The molecule has 2 heterocycles. The summed E-state index contributed by atoms with van der Waals surface area (Å²) in [5.74, 6) is 0. The Balaban J connectivity index is 2.07. The van der Waals surface area contributed by atoms with Gasteiger partial charge in [0.25, 0.3) is 7.52 Å². The van der Waals surface area contributed by atoms with Crippen molar-refractivity contribution in [3.05, 3.63) is 36.7 Å². The molecule has 5 nitrogen and oxygen atoms in total. The summed E-state index contributed by atoms with van der Waals surface area (Å²) in [5.41, 5.74) is 0. The standard InChI is InChI=1S/C14H18N3O2P/c1-11-10-17(8-7-16-11)20(18,19)14-4-2-3-12-9-15-6-5-13(12)14/h2-6,9,11,16H,7-8,10H2,1H3,(H,18,19). The number of benzene rings is 1. The normalized spacial score (nSPS) is 23.6. The van der Waals surface area contributed by atoms with Gasteiger partial charge in [-0.15, -0.1) is 0 Å². The smallest absolute Gasteiger partial charge is 0.300 e. The Morgan fingerprint density at radius 2 is 2.30 bits per heavy atom. The summed E-state index contributed by atoms with van der Waals surface area (Å²) in [6.45, 7) is 3.92. The fourth-order valence-electron chi connectivity index (χ4n) is 2.67. The first-order chi connectivity index (χ1) is 9.59. The summed E-state index contributed by atoms with van der Waals surface area (Å²) in [6.07, 6.45) is 3.38. The number of pyridine rings is 1. The van der Waals surface area contributed by atoms with Crippen LogP contribution in [0.3, 0.4) is 0 Å². The molecule has 20 heavy (non-hydrogen) atoms. The molecule has 2 aromatic rings. The van der Waals surface area contributed by atoms with Crippen LogP contribution in [0.5, 0.6) is 0 Å². The Bertz CT molecular complexity index is 671. The van der Waals surface area contributed by atoms with Crippen molar-refractivity contribution in [1.82, 2.24) is 15.0 Å². The number of hydrogen-bond acceptors (Lipinski definition) is 3. The molecule has 1 aliphatic heterocycles. The molecule has 0 bridgehead atoms. The summed E-state index contributed by atoms with van der Waals surface area (Å²) >= 11 is 0. The Morgan fingerprint density at radius 1 is 1.45 bits per heavy atom. The Labute approximate surface area is 118 Å². The summed E-state index contributed by atoms with van der Waals surface area (Å²) in [5, 5.41) is 5.49. The summed E-state index contributed by atoms with van der Waals surface area (Å²) < 4.78 is 14.7. The molecule has 6 heteroatoms. The molecule has 0 radical (unpaired) electrons. The van der Waals surface area contributed by atoms with Gasteiger partial charge in [0.2, 0.25) is 0 Å². The van der Waals surface area contributed by atoms with Crippen molar-refractivity contribution in [2.24, 2.45) is 0 Å². The number of fused-ring (bicyclic) bond motifs is 1. The second-order valence-corrected chi connectivity index (χ2v) is 7.32. The first kappa shape index (κ1) is 13.7. The largest absolute Gasteiger partial charge is 0.330 e. The highest BCUT2D eigenvalue weighted by Crippen LogP contribution is 2.45. The highest BCUT2D eigenvalue weighted by molar-refractivity contribution is 7.64. The molecule has 0 saturated carbocycles. The van der Waals surface area contributed by atoms with Gasteiger partial charge in [-0.25, -0.2) is 4.67 Å². The fraction of sp³-hybridized carbons (Fsp3) is 0.357. The zero-order valence-electron chi connectivity index (χ0n) is 11.4. The van der Waals surface area contributed by atoms with Crippen molar-refractivity contribution in [2.45, 2.75) is 13.0 Å². The molecule has 1 saturated heterocycles. The molecule has 1 fully saturated rings. The molecular formula is C14H18N3O2P. The number of hydrogen-bond donors (Lipinski definition) is 2. The van der Waals surface area contributed by atoms with Crippen LogP contribution in [0.15, 0.2) is 36.7 Å². The molecular weight excluding hydrogens is 273 g/mol. The summed E-state index contributed by atoms with van der Waals surface area (Å²) in [6, 6.07) is 7.50. The SMILES string of the molecule is CC1CN(P(=O)(O)c2cccc3cnccc23)CCN1. The molecule has 2 unspecified atom stereocenters. The molecule has 1 aromatic heterocycles. The van der Waals surface area contributed by atoms with Crippen LogP contribution in [0.2, 0.25) is 0 Å². The first-order valence-electron chi connectivity index (χ1n) is 6.74. The number of nitrogens with zero attached hydrogens (tertiary/aromatic N) is 2. The van der Waals surface area contributed by atoms with E-state index in [1.165, 1.54) is 0 Å². The zero-order valence-corrected chi connectivity index (χ0v) is 12.3. The van der Waals surface area contributed by atoms with Crippen molar-refractivity contribution >= 4 is 23.6 Å². The number of nitrogens with one attached hydrogen (secondary N) is 1. The van der Waals surface area contributed by atoms with Crippen molar-refractivity contribution in [2.75, 3.05) is 19.6 Å². The van der Waals surface area contributed by atoms with E-state index < -0.39 is 7.52 Å². The predicted octanol–water partition coefficient (Wildman–Crippen LogP) is 1.34. The fourth-order valence-corrected chi connectivity index (χ4v) is 4.61. The third-order valence-corrected chi connectivity index (χ3v) is 5.85. The minimum Gasteiger partial charge on any atom is -0.330 e. The van der Waals surface area contributed by atoms with Gasteiger partial charge in [-0.2, -0.15) is 0 Å². The first-order valence-corrected chi connectivity index (χ1v) is 8.35. The van der Waals surface area contributed by atoms with Crippen LogP contribution < -0.4 is 10.6 Å². The van der Waals surface area contributed by atoms with Crippen LogP contribution >= 0.6 is 7.52 Å². The molecule has 0 spiro atoms. The third kappa shape index (κ3) is 2.38. The third-order valence-electron chi connectivity index (χ3n) is 3.70. The number of piperazine rings is 1. The van der Waals surface area contributed by atoms with E-state index in [9.17, 15) is 9.46 Å². The molecule has 0 aliphatic carbocycles. The average Bonchev–Trinajstić information content (AvgIpc) is 2.46. The quantitative estimate of drug-likeness (QED) is 0.817. The molecule has 106 valence electrons. The lowest BCUT2D eigenvalue weighted by Gasteiger charge is -2.35. The topological polar surface area (TPSA) is 65.5 Å². The Kier molecular flexibility index (Phi) is 3.61. The van der Waals surface area contributed by atoms with E-state index >= 15 is 0 Å². The van der Waals surface area contributed by atoms with Crippen molar-refractivity contribution in [1.29, 1.82) is 0 Å². The maximum Gasteiger partial charge on any atom is 0.300 e. The van der Waals surface area contributed by atoms with E-state index in [4.69, 9.17) is 0 Å². The van der Waals surface area contributed by atoms with Crippen molar-refractivity contribution in [3.8, 4) is 0 Å². The van der Waals surface area contributed by atoms with E-state index in [1.807, 2.05) is 19.1 Å². The van der Waals surface area contributed by atoms with Crippen LogP contribution in [0, 0.1) is 0 Å². The molecule has 1 aliphatic rings. The molecule has 1 aromatic carbocycles. The maximum atomic E-state index is 13.0. The van der Waals surface area contributed by atoms with Crippen molar-refractivity contribution in [3.63, 3.8) is 0 Å². The Hall–Kier alpha value is -1.26. The maximum absolute atomic E-state index is 13.0. The van der Waals surface area contributed by atoms with Gasteiger partial charge >= 0.3 is 0 Å². The lowest BCUT2D eigenvalue weighted by Crippen LogP contribution is -2.48. The minimum atomic E-state index is -3.54. The summed E-state index contributed by atoms with van der Waals surface area (Å²) in [4.78, 5) is 14.7. The summed E-state index contributed by atoms with van der Waals surface area (Å²) in [7, 11) is -3.54. The van der Waals surface area contributed by atoms with Crippen LogP contribution in [0.25, 0.3) is 10.8 Å². The lowest BCUT2D eigenvalue weighted by molar-refractivity contribution is 0.283. The minimum absolute atomic E-state index is 0.223. The van der Waals surface area contributed by atoms with Gasteiger partial charge in [0, 0.05) is 43.5 Å². The van der Waals surface area contributed by atoms with Gasteiger partial charge in [0.1, 0.15) is 0 Å². The van der Waals surface area contributed by atoms with Crippen LogP contribution in [-0.2, 0) is 4.57 Å². The van der Waals surface area contributed by atoms with Gasteiger partial charge in [0.05, 0.1) is 5.30 Å². The van der Waals surface area contributed by atoms with E-state index in [0.717, 1.165) is 17.3 Å². The van der Waals surface area contributed by atoms with E-state index in [1.54, 1.807) is 29.2 Å². The number of aromatic nitrogens is 1. The molecule has 0 amide bonds. The second kappa shape index (κ2) is 5.26. The highest BCUT2D eigenvalue weighted by Gasteiger charge is 2.34. The van der Waals surface area contributed by atoms with Crippen LogP contribution in [-0.4, -0.2) is 40.2 Å². The average molecular weight is 291 g/mol. The molecule has 2 N–H and O–H groups in total. The predicted molar refractivity (Wildman–Crippen MR) is 80.2 cm³/mol. The van der Waals surface area contributed by atoms with Crippen LogP contribution in [0.1, 0.15) is 6.92 Å².